The number of rotatable bonds is 4. The number of hydrogen-bond donors (Lipinski definition) is 0. The Balaban J connectivity index is 1.89. The van der Waals surface area contributed by atoms with E-state index in [1.54, 1.807) is 0 Å². The van der Waals surface area contributed by atoms with E-state index in [1.807, 2.05) is 0 Å². The van der Waals surface area contributed by atoms with Crippen molar-refractivity contribution in [3.8, 4) is 22.6 Å². The van der Waals surface area contributed by atoms with E-state index >= 15 is 0 Å². The van der Waals surface area contributed by atoms with E-state index in [0.29, 0.717) is 0 Å². The summed E-state index contributed by atoms with van der Waals surface area (Å²) in [6.45, 7) is 0. The largest absolute Gasteiger partial charge is 0.422 e. The molecule has 30 heavy (non-hydrogen) atoms. The minimum Gasteiger partial charge on any atom is -0.422 e. The molecular weight excluding hydrogens is 396 g/mol. The number of fused-ring (bicyclic) bond motifs is 1. The molecule has 0 radical (unpaired) electrons. The molecule has 10 nitrogen and oxygen atoms in total. The third-order valence-electron chi connectivity index (χ3n) is 4.37. The molecule has 0 fully saturated rings. The van der Waals surface area contributed by atoms with Gasteiger partial charge in [0.2, 0.25) is 0 Å². The highest BCUT2D eigenvalue weighted by Crippen LogP contribution is 2.27. The summed E-state index contributed by atoms with van der Waals surface area (Å²) >= 11 is 0. The van der Waals surface area contributed by atoms with Crippen LogP contribution < -0.4 is 11.3 Å². The van der Waals surface area contributed by atoms with Crippen LogP contribution in [0, 0.1) is 20.2 Å². The second-order valence-electron chi connectivity index (χ2n) is 6.24. The average molecular weight is 406 g/mol. The van der Waals surface area contributed by atoms with Crippen LogP contribution in [0.4, 0.5) is 11.4 Å². The lowest BCUT2D eigenvalue weighted by molar-refractivity contribution is -0.385. The lowest BCUT2D eigenvalue weighted by Gasteiger charge is -2.04. The second-order valence-corrected chi connectivity index (χ2v) is 6.24. The van der Waals surface area contributed by atoms with E-state index in [9.17, 15) is 29.8 Å². The predicted octanol–water partition coefficient (Wildman–Crippen LogP) is 3.90. The van der Waals surface area contributed by atoms with Gasteiger partial charge < -0.3 is 8.83 Å². The highest BCUT2D eigenvalue weighted by atomic mass is 16.6. The first kappa shape index (κ1) is 18.7. The molecule has 0 aliphatic carbocycles. The number of nitrogens with zero attached hydrogens (tertiary/aromatic N) is 2. The molecule has 10 heteroatoms. The fourth-order valence-electron chi connectivity index (χ4n) is 2.95. The Bertz CT molecular complexity index is 1340. The summed E-state index contributed by atoms with van der Waals surface area (Å²) in [6.07, 6.45) is 0. The molecule has 0 saturated heterocycles. The number of hydrogen-bond acceptors (Lipinski definition) is 8. The highest BCUT2D eigenvalue weighted by Gasteiger charge is 2.16. The van der Waals surface area contributed by atoms with Gasteiger partial charge in [0.25, 0.3) is 11.4 Å². The van der Waals surface area contributed by atoms with Gasteiger partial charge in [0.15, 0.2) is 0 Å². The first-order valence-electron chi connectivity index (χ1n) is 8.45. The SMILES string of the molecule is O=c1oc(-c2cccc([N+](=O)[O-])c2)cc2c(=O)oc(-c3cccc([N+](=O)[O-])c3)cc12. The quantitative estimate of drug-likeness (QED) is 0.366. The summed E-state index contributed by atoms with van der Waals surface area (Å²) < 4.78 is 10.5. The molecule has 2 aromatic carbocycles. The van der Waals surface area contributed by atoms with Gasteiger partial charge in [-0.25, -0.2) is 9.59 Å². The van der Waals surface area contributed by atoms with Gasteiger partial charge in [-0.3, -0.25) is 20.2 Å². The molecule has 0 aliphatic heterocycles. The van der Waals surface area contributed by atoms with Crippen LogP contribution in [-0.4, -0.2) is 9.85 Å². The molecule has 0 saturated carbocycles. The molecule has 0 unspecified atom stereocenters. The smallest absolute Gasteiger partial charge is 0.344 e. The van der Waals surface area contributed by atoms with E-state index in [0.717, 1.165) is 0 Å². The van der Waals surface area contributed by atoms with E-state index in [-0.39, 0.29) is 44.8 Å². The van der Waals surface area contributed by atoms with Crippen LogP contribution in [0.15, 0.2) is 79.1 Å². The Hall–Kier alpha value is -4.60. The molecule has 2 aromatic heterocycles. The minimum absolute atomic E-state index is 0.0356. The lowest BCUT2D eigenvalue weighted by atomic mass is 10.1. The predicted molar refractivity (Wildman–Crippen MR) is 105 cm³/mol. The van der Waals surface area contributed by atoms with E-state index in [2.05, 4.69) is 0 Å². The van der Waals surface area contributed by atoms with E-state index in [4.69, 9.17) is 8.83 Å². The Morgan fingerprint density at radius 1 is 0.633 bits per heavy atom. The van der Waals surface area contributed by atoms with Crippen molar-refractivity contribution in [2.45, 2.75) is 0 Å². The number of nitro groups is 2. The van der Waals surface area contributed by atoms with Crippen LogP contribution in [0.5, 0.6) is 0 Å². The van der Waals surface area contributed by atoms with Crippen molar-refractivity contribution in [2.75, 3.05) is 0 Å². The van der Waals surface area contributed by atoms with Crippen LogP contribution in [0.2, 0.25) is 0 Å². The van der Waals surface area contributed by atoms with Crippen molar-refractivity contribution in [3.05, 3.63) is 102 Å². The molecule has 0 aliphatic rings. The van der Waals surface area contributed by atoms with Crippen LogP contribution in [0.25, 0.3) is 33.4 Å². The van der Waals surface area contributed by atoms with Gasteiger partial charge >= 0.3 is 11.3 Å². The fraction of sp³-hybridized carbons (Fsp3) is 0. The van der Waals surface area contributed by atoms with Crippen LogP contribution >= 0.6 is 0 Å². The number of benzene rings is 2. The number of nitro benzene ring substituents is 2. The first-order chi connectivity index (χ1) is 14.3. The van der Waals surface area contributed by atoms with Crippen molar-refractivity contribution in [3.63, 3.8) is 0 Å². The van der Waals surface area contributed by atoms with Gasteiger partial charge in [-0.1, -0.05) is 24.3 Å². The van der Waals surface area contributed by atoms with Gasteiger partial charge in [0.05, 0.1) is 20.6 Å². The Labute approximate surface area is 165 Å². The van der Waals surface area contributed by atoms with E-state index < -0.39 is 21.1 Å². The molecule has 0 N–H and O–H groups in total. The zero-order valence-corrected chi connectivity index (χ0v) is 14.9. The van der Waals surface area contributed by atoms with Crippen molar-refractivity contribution in [1.82, 2.24) is 0 Å². The van der Waals surface area contributed by atoms with Crippen molar-refractivity contribution in [2.24, 2.45) is 0 Å². The zero-order chi connectivity index (χ0) is 21.4. The van der Waals surface area contributed by atoms with Crippen LogP contribution in [0.1, 0.15) is 0 Å². The maximum Gasteiger partial charge on any atom is 0.344 e. The molecule has 4 rings (SSSR count). The molecule has 0 atom stereocenters. The first-order valence-corrected chi connectivity index (χ1v) is 8.45. The second kappa shape index (κ2) is 7.09. The summed E-state index contributed by atoms with van der Waals surface area (Å²) in [5, 5.41) is 21.8. The van der Waals surface area contributed by atoms with Crippen LogP contribution in [0.3, 0.4) is 0 Å². The monoisotopic (exact) mass is 406 g/mol. The standard InChI is InChI=1S/C20H10N2O8/c23-19-16-10-18(12-4-2-6-14(8-12)22(27)28)30-20(24)15(16)9-17(29-19)11-3-1-5-13(7-11)21(25)26/h1-10H. The Morgan fingerprint density at radius 3 is 1.40 bits per heavy atom. The van der Waals surface area contributed by atoms with Gasteiger partial charge in [-0.2, -0.15) is 0 Å². The summed E-state index contributed by atoms with van der Waals surface area (Å²) in [7, 11) is 0. The van der Waals surface area contributed by atoms with Crippen LogP contribution in [-0.2, 0) is 0 Å². The topological polar surface area (TPSA) is 147 Å². The molecule has 4 aromatic rings. The van der Waals surface area contributed by atoms with Crippen molar-refractivity contribution >= 4 is 22.1 Å². The third-order valence-corrected chi connectivity index (χ3v) is 4.37. The summed E-state index contributed by atoms with van der Waals surface area (Å²) in [5.74, 6) is -0.0711. The zero-order valence-electron chi connectivity index (χ0n) is 14.9. The summed E-state index contributed by atoms with van der Waals surface area (Å²) in [6, 6.07) is 13.3. The Kier molecular flexibility index (Phi) is 4.43. The minimum atomic E-state index is -0.853. The van der Waals surface area contributed by atoms with E-state index in [1.165, 1.54) is 60.7 Å². The molecule has 148 valence electrons. The highest BCUT2D eigenvalue weighted by molar-refractivity contribution is 5.85. The van der Waals surface area contributed by atoms with Gasteiger partial charge in [-0.15, -0.1) is 0 Å². The fourth-order valence-corrected chi connectivity index (χ4v) is 2.95. The van der Waals surface area contributed by atoms with Crippen molar-refractivity contribution < 1.29 is 18.7 Å². The Morgan fingerprint density at radius 2 is 1.03 bits per heavy atom. The number of non-ortho nitro benzene ring substituents is 2. The van der Waals surface area contributed by atoms with Crippen molar-refractivity contribution in [1.29, 1.82) is 0 Å². The van der Waals surface area contributed by atoms with Gasteiger partial charge in [0, 0.05) is 35.4 Å². The maximum absolute atomic E-state index is 12.5. The summed E-state index contributed by atoms with van der Waals surface area (Å²) in [5.41, 5.74) is -1.63. The molecular formula is C20H10N2O8. The average Bonchev–Trinajstić information content (AvgIpc) is 2.74. The lowest BCUT2D eigenvalue weighted by Crippen LogP contribution is -2.09. The maximum atomic E-state index is 12.5. The third kappa shape index (κ3) is 3.33. The molecule has 0 spiro atoms. The molecule has 0 amide bonds. The van der Waals surface area contributed by atoms with Gasteiger partial charge in [0.1, 0.15) is 11.5 Å². The summed E-state index contributed by atoms with van der Waals surface area (Å²) in [4.78, 5) is 45.8. The molecule has 0 bridgehead atoms. The van der Waals surface area contributed by atoms with Gasteiger partial charge in [-0.05, 0) is 12.1 Å². The molecule has 2 heterocycles. The normalized spacial score (nSPS) is 10.8.